The molecule has 22 heavy (non-hydrogen) atoms. The zero-order valence-electron chi connectivity index (χ0n) is 13.2. The molecule has 2 N–H and O–H groups in total. The minimum absolute atomic E-state index is 0.553. The second-order valence-electron chi connectivity index (χ2n) is 5.52. The summed E-state index contributed by atoms with van der Waals surface area (Å²) < 4.78 is 1.98. The molecule has 0 aliphatic carbocycles. The number of hydrogen-bond acceptors (Lipinski definition) is 3. The van der Waals surface area contributed by atoms with Crippen LogP contribution in [-0.2, 0) is 6.54 Å². The van der Waals surface area contributed by atoms with Crippen LogP contribution in [0.1, 0.15) is 22.6 Å². The van der Waals surface area contributed by atoms with E-state index in [4.69, 9.17) is 10.8 Å². The van der Waals surface area contributed by atoms with Gasteiger partial charge in [-0.25, -0.2) is 4.68 Å². The zero-order valence-corrected chi connectivity index (χ0v) is 13.2. The molecule has 0 amide bonds. The van der Waals surface area contributed by atoms with Crippen LogP contribution in [0.3, 0.4) is 0 Å². The lowest BCUT2D eigenvalue weighted by molar-refractivity contribution is 0.832. The highest BCUT2D eigenvalue weighted by atomic mass is 15.3. The molecule has 0 saturated heterocycles. The highest BCUT2D eigenvalue weighted by molar-refractivity contribution is 5.68. The van der Waals surface area contributed by atoms with Gasteiger partial charge in [0.05, 0.1) is 11.4 Å². The Kier molecular flexibility index (Phi) is 3.77. The van der Waals surface area contributed by atoms with Crippen molar-refractivity contribution in [3.05, 3.63) is 65.2 Å². The van der Waals surface area contributed by atoms with Gasteiger partial charge in [0.2, 0.25) is 0 Å². The summed E-state index contributed by atoms with van der Waals surface area (Å²) in [6, 6.07) is 12.3. The molecule has 0 saturated carbocycles. The average molecular weight is 292 g/mol. The maximum absolute atomic E-state index is 5.66. The van der Waals surface area contributed by atoms with E-state index in [1.54, 1.807) is 0 Å². The molecule has 0 aliphatic heterocycles. The topological polar surface area (TPSA) is 56.7 Å². The molecule has 0 atom stereocenters. The Balaban J connectivity index is 2.07. The number of nitrogens with zero attached hydrogens (tertiary/aromatic N) is 3. The van der Waals surface area contributed by atoms with Crippen molar-refractivity contribution in [2.24, 2.45) is 5.73 Å². The molecule has 3 rings (SSSR count). The number of pyridine rings is 1. The molecule has 0 bridgehead atoms. The van der Waals surface area contributed by atoms with Gasteiger partial charge in [-0.1, -0.05) is 18.2 Å². The van der Waals surface area contributed by atoms with E-state index in [0.717, 1.165) is 39.5 Å². The van der Waals surface area contributed by atoms with Crippen molar-refractivity contribution in [2.45, 2.75) is 27.3 Å². The molecule has 2 heterocycles. The lowest BCUT2D eigenvalue weighted by Gasteiger charge is -2.07. The van der Waals surface area contributed by atoms with Gasteiger partial charge >= 0.3 is 0 Å². The van der Waals surface area contributed by atoms with E-state index in [0.29, 0.717) is 6.54 Å². The number of aryl methyl sites for hydroxylation is 2. The van der Waals surface area contributed by atoms with Crippen molar-refractivity contribution in [3.63, 3.8) is 0 Å². The standard InChI is InChI=1S/C18H20N4/c1-12-4-7-16(11-20-12)18-13(2)21-22(14(18)3)17-8-5-15(10-19)6-9-17/h4-9,11H,10,19H2,1-3H3. The van der Waals surface area contributed by atoms with Crippen molar-refractivity contribution in [3.8, 4) is 16.8 Å². The third-order valence-electron chi connectivity index (χ3n) is 3.91. The van der Waals surface area contributed by atoms with Crippen molar-refractivity contribution in [1.29, 1.82) is 0 Å². The first-order chi connectivity index (χ1) is 10.6. The van der Waals surface area contributed by atoms with Gasteiger partial charge in [0.15, 0.2) is 0 Å². The Bertz CT molecular complexity index is 783. The Hall–Kier alpha value is -2.46. The first kappa shape index (κ1) is 14.5. The number of nitrogens with two attached hydrogens (primary N) is 1. The van der Waals surface area contributed by atoms with Gasteiger partial charge in [0, 0.05) is 35.3 Å². The maximum atomic E-state index is 5.66. The maximum Gasteiger partial charge on any atom is 0.0679 e. The first-order valence-electron chi connectivity index (χ1n) is 7.39. The molecular weight excluding hydrogens is 272 g/mol. The summed E-state index contributed by atoms with van der Waals surface area (Å²) in [6.07, 6.45) is 1.91. The second kappa shape index (κ2) is 5.73. The van der Waals surface area contributed by atoms with Crippen LogP contribution in [0.25, 0.3) is 16.8 Å². The molecule has 0 radical (unpaired) electrons. The third kappa shape index (κ3) is 2.53. The van der Waals surface area contributed by atoms with E-state index < -0.39 is 0 Å². The molecule has 2 aromatic heterocycles. The van der Waals surface area contributed by atoms with E-state index in [9.17, 15) is 0 Å². The summed E-state index contributed by atoms with van der Waals surface area (Å²) in [6.45, 7) is 6.67. The van der Waals surface area contributed by atoms with Crippen LogP contribution in [0, 0.1) is 20.8 Å². The van der Waals surface area contributed by atoms with E-state index >= 15 is 0 Å². The third-order valence-corrected chi connectivity index (χ3v) is 3.91. The zero-order chi connectivity index (χ0) is 15.7. The van der Waals surface area contributed by atoms with Crippen molar-refractivity contribution >= 4 is 0 Å². The summed E-state index contributed by atoms with van der Waals surface area (Å²) in [7, 11) is 0. The molecular formula is C18H20N4. The van der Waals surface area contributed by atoms with E-state index in [1.807, 2.05) is 42.9 Å². The SMILES string of the molecule is Cc1ccc(-c2c(C)nn(-c3ccc(CN)cc3)c2C)cn1. The lowest BCUT2D eigenvalue weighted by Crippen LogP contribution is -2.01. The van der Waals surface area contributed by atoms with Crippen LogP contribution in [0.4, 0.5) is 0 Å². The number of aromatic nitrogens is 3. The summed E-state index contributed by atoms with van der Waals surface area (Å²) in [4.78, 5) is 4.39. The van der Waals surface area contributed by atoms with Gasteiger partial charge < -0.3 is 5.73 Å². The predicted octanol–water partition coefficient (Wildman–Crippen LogP) is 3.32. The minimum Gasteiger partial charge on any atom is -0.326 e. The fourth-order valence-electron chi connectivity index (χ4n) is 2.70. The molecule has 0 spiro atoms. The van der Waals surface area contributed by atoms with Gasteiger partial charge in [-0.3, -0.25) is 4.98 Å². The van der Waals surface area contributed by atoms with Crippen molar-refractivity contribution < 1.29 is 0 Å². The van der Waals surface area contributed by atoms with Gasteiger partial charge in [0.25, 0.3) is 0 Å². The quantitative estimate of drug-likeness (QED) is 0.805. The lowest BCUT2D eigenvalue weighted by atomic mass is 10.1. The monoisotopic (exact) mass is 292 g/mol. The van der Waals surface area contributed by atoms with Crippen LogP contribution >= 0.6 is 0 Å². The average Bonchev–Trinajstić information content (AvgIpc) is 2.83. The van der Waals surface area contributed by atoms with Gasteiger partial charge in [-0.2, -0.15) is 5.10 Å². The largest absolute Gasteiger partial charge is 0.326 e. The Morgan fingerprint density at radius 3 is 2.32 bits per heavy atom. The molecule has 0 fully saturated rings. The van der Waals surface area contributed by atoms with Crippen molar-refractivity contribution in [2.75, 3.05) is 0 Å². The predicted molar refractivity (Wildman–Crippen MR) is 88.9 cm³/mol. The molecule has 4 nitrogen and oxygen atoms in total. The van der Waals surface area contributed by atoms with Crippen LogP contribution in [-0.4, -0.2) is 14.8 Å². The molecule has 4 heteroatoms. The molecule has 3 aromatic rings. The second-order valence-corrected chi connectivity index (χ2v) is 5.52. The number of hydrogen-bond donors (Lipinski definition) is 1. The van der Waals surface area contributed by atoms with Gasteiger partial charge in [-0.15, -0.1) is 0 Å². The van der Waals surface area contributed by atoms with Crippen LogP contribution in [0.2, 0.25) is 0 Å². The molecule has 1 aromatic carbocycles. The molecule has 0 unspecified atom stereocenters. The number of rotatable bonds is 3. The van der Waals surface area contributed by atoms with Crippen LogP contribution < -0.4 is 5.73 Å². The Morgan fingerprint density at radius 1 is 1.00 bits per heavy atom. The van der Waals surface area contributed by atoms with Crippen LogP contribution in [0.5, 0.6) is 0 Å². The summed E-state index contributed by atoms with van der Waals surface area (Å²) in [5, 5.41) is 4.69. The van der Waals surface area contributed by atoms with Gasteiger partial charge in [0.1, 0.15) is 0 Å². The van der Waals surface area contributed by atoms with E-state index in [-0.39, 0.29) is 0 Å². The Labute approximate surface area is 130 Å². The summed E-state index contributed by atoms with van der Waals surface area (Å²) in [5.74, 6) is 0. The van der Waals surface area contributed by atoms with Gasteiger partial charge in [-0.05, 0) is 44.5 Å². The summed E-state index contributed by atoms with van der Waals surface area (Å²) in [5.41, 5.74) is 13.2. The van der Waals surface area contributed by atoms with Crippen LogP contribution in [0.15, 0.2) is 42.6 Å². The van der Waals surface area contributed by atoms with E-state index in [2.05, 4.69) is 30.1 Å². The fourth-order valence-corrected chi connectivity index (χ4v) is 2.70. The first-order valence-corrected chi connectivity index (χ1v) is 7.39. The highest BCUT2D eigenvalue weighted by Crippen LogP contribution is 2.28. The van der Waals surface area contributed by atoms with Crippen molar-refractivity contribution in [1.82, 2.24) is 14.8 Å². The Morgan fingerprint density at radius 2 is 1.73 bits per heavy atom. The smallest absolute Gasteiger partial charge is 0.0679 e. The highest BCUT2D eigenvalue weighted by Gasteiger charge is 2.14. The number of benzene rings is 1. The minimum atomic E-state index is 0.553. The summed E-state index contributed by atoms with van der Waals surface area (Å²) >= 11 is 0. The van der Waals surface area contributed by atoms with E-state index in [1.165, 1.54) is 0 Å². The molecule has 0 aliphatic rings. The fraction of sp³-hybridized carbons (Fsp3) is 0.222. The normalized spacial score (nSPS) is 10.9. The molecule has 112 valence electrons.